The minimum absolute atomic E-state index is 0.00460. The van der Waals surface area contributed by atoms with Gasteiger partial charge in [-0.05, 0) is 24.1 Å². The van der Waals surface area contributed by atoms with E-state index >= 15 is 0 Å². The van der Waals surface area contributed by atoms with Crippen molar-refractivity contribution in [2.24, 2.45) is 5.16 Å². The number of aromatic hydroxyl groups is 1. The van der Waals surface area contributed by atoms with Crippen LogP contribution in [0.5, 0.6) is 5.75 Å². The van der Waals surface area contributed by atoms with Gasteiger partial charge in [-0.2, -0.15) is 8.42 Å². The standard InChI is InChI=1S/C15H21NO10S2/c17-7-10-12(19)13(20)14(21)15(25-10)27-11(16-26-28(22,23)24)6-3-8-1-4-9(18)5-2-8/h1-2,4-5,10,12-15,17-21H,3,6-7H2,(H,22,23,24)/b16-11-/t10-,12-,13+,14-,15+/m1/s1. The maximum absolute atomic E-state index is 10.8. The van der Waals surface area contributed by atoms with Crippen LogP contribution in [0.15, 0.2) is 29.4 Å². The Morgan fingerprint density at radius 1 is 1.14 bits per heavy atom. The minimum Gasteiger partial charge on any atom is -0.508 e. The van der Waals surface area contributed by atoms with Crippen LogP contribution in [-0.2, 0) is 25.8 Å². The number of aryl methyl sites for hydroxylation is 1. The van der Waals surface area contributed by atoms with Crippen molar-refractivity contribution in [1.82, 2.24) is 0 Å². The Bertz CT molecular complexity index is 768. The summed E-state index contributed by atoms with van der Waals surface area (Å²) in [7, 11) is -4.86. The van der Waals surface area contributed by atoms with Crippen molar-refractivity contribution in [2.45, 2.75) is 42.7 Å². The summed E-state index contributed by atoms with van der Waals surface area (Å²) in [6.07, 6.45) is -5.42. The normalized spacial score (nSPS) is 28.9. The van der Waals surface area contributed by atoms with Gasteiger partial charge in [0.2, 0.25) is 0 Å². The van der Waals surface area contributed by atoms with Crippen molar-refractivity contribution < 1.29 is 47.5 Å². The van der Waals surface area contributed by atoms with Gasteiger partial charge in [-0.3, -0.25) is 4.55 Å². The molecule has 13 heteroatoms. The highest BCUT2D eigenvalue weighted by atomic mass is 32.3. The lowest BCUT2D eigenvalue weighted by Crippen LogP contribution is -2.57. The van der Waals surface area contributed by atoms with E-state index in [1.54, 1.807) is 12.1 Å². The quantitative estimate of drug-likeness (QED) is 0.132. The van der Waals surface area contributed by atoms with Crippen molar-refractivity contribution in [2.75, 3.05) is 6.61 Å². The van der Waals surface area contributed by atoms with E-state index in [9.17, 15) is 34.0 Å². The fourth-order valence-corrected chi connectivity index (χ4v) is 3.73. The number of benzene rings is 1. The molecule has 0 aliphatic carbocycles. The Morgan fingerprint density at radius 2 is 1.79 bits per heavy atom. The molecule has 0 saturated carbocycles. The lowest BCUT2D eigenvalue weighted by atomic mass is 10.0. The number of nitrogens with zero attached hydrogens (tertiary/aromatic N) is 1. The molecule has 1 aliphatic rings. The predicted molar refractivity (Wildman–Crippen MR) is 97.9 cm³/mol. The average molecular weight is 439 g/mol. The number of rotatable bonds is 7. The maximum atomic E-state index is 10.8. The molecule has 1 aromatic rings. The van der Waals surface area contributed by atoms with Crippen LogP contribution in [0.3, 0.4) is 0 Å². The SMILES string of the molecule is O=S(=O)(O)O/N=C(/CCc1ccc(O)cc1)S[C@@H]1O[C@H](CO)[C@@H](O)[C@H](O)[C@H]1O. The summed E-state index contributed by atoms with van der Waals surface area (Å²) in [4.78, 5) is 0. The van der Waals surface area contributed by atoms with Crippen LogP contribution in [0.2, 0.25) is 0 Å². The maximum Gasteiger partial charge on any atom is 0.466 e. The molecule has 28 heavy (non-hydrogen) atoms. The average Bonchev–Trinajstić information content (AvgIpc) is 2.64. The highest BCUT2D eigenvalue weighted by molar-refractivity contribution is 8.14. The van der Waals surface area contributed by atoms with Crippen LogP contribution in [0.1, 0.15) is 12.0 Å². The van der Waals surface area contributed by atoms with Gasteiger partial charge in [0.25, 0.3) is 0 Å². The molecule has 6 N–H and O–H groups in total. The molecule has 1 heterocycles. The van der Waals surface area contributed by atoms with Gasteiger partial charge >= 0.3 is 10.4 Å². The van der Waals surface area contributed by atoms with E-state index in [2.05, 4.69) is 9.44 Å². The second-order valence-corrected chi connectivity index (χ2v) is 8.14. The molecule has 1 fully saturated rings. The second kappa shape index (κ2) is 9.84. The number of aliphatic hydroxyl groups is 4. The first-order valence-corrected chi connectivity index (χ1v) is 10.3. The Labute approximate surface area is 165 Å². The molecule has 158 valence electrons. The zero-order valence-corrected chi connectivity index (χ0v) is 16.0. The number of phenolic OH excluding ortho intramolecular Hbond substituents is 1. The molecule has 0 spiro atoms. The molecule has 1 aliphatic heterocycles. The molecule has 0 aromatic heterocycles. The molecule has 1 saturated heterocycles. The fraction of sp³-hybridized carbons (Fsp3) is 0.533. The molecule has 0 bridgehead atoms. The van der Waals surface area contributed by atoms with Crippen molar-refractivity contribution in [1.29, 1.82) is 0 Å². The third-order valence-corrected chi connectivity index (χ3v) is 5.33. The summed E-state index contributed by atoms with van der Waals surface area (Å²) in [5, 5.41) is 51.6. The van der Waals surface area contributed by atoms with Crippen LogP contribution >= 0.6 is 11.8 Å². The third-order valence-electron chi connectivity index (χ3n) is 3.90. The smallest absolute Gasteiger partial charge is 0.466 e. The van der Waals surface area contributed by atoms with Crippen LogP contribution in [-0.4, -0.2) is 80.0 Å². The molecule has 2 rings (SSSR count). The molecule has 11 nitrogen and oxygen atoms in total. The van der Waals surface area contributed by atoms with Crippen LogP contribution < -0.4 is 0 Å². The highest BCUT2D eigenvalue weighted by Crippen LogP contribution is 2.30. The van der Waals surface area contributed by atoms with Crippen LogP contribution in [0.4, 0.5) is 0 Å². The van der Waals surface area contributed by atoms with Crippen LogP contribution in [0.25, 0.3) is 0 Å². The van der Waals surface area contributed by atoms with E-state index in [4.69, 9.17) is 9.29 Å². The molecule has 0 unspecified atom stereocenters. The first kappa shape index (κ1) is 22.8. The van der Waals surface area contributed by atoms with E-state index in [-0.39, 0.29) is 17.2 Å². The lowest BCUT2D eigenvalue weighted by molar-refractivity contribution is -0.205. The van der Waals surface area contributed by atoms with E-state index in [0.717, 1.165) is 5.56 Å². The number of phenols is 1. The van der Waals surface area contributed by atoms with Crippen molar-refractivity contribution in [3.8, 4) is 5.75 Å². The minimum atomic E-state index is -4.86. The molecule has 5 atom stereocenters. The number of hydrogen-bond acceptors (Lipinski definition) is 11. The van der Waals surface area contributed by atoms with Gasteiger partial charge in [0.15, 0.2) is 0 Å². The van der Waals surface area contributed by atoms with Gasteiger partial charge in [0.05, 0.1) is 6.61 Å². The van der Waals surface area contributed by atoms with Gasteiger partial charge in [0, 0.05) is 6.42 Å². The Kier molecular flexibility index (Phi) is 8.03. The summed E-state index contributed by atoms with van der Waals surface area (Å²) in [5.74, 6) is 0.0723. The Morgan fingerprint density at radius 3 is 2.36 bits per heavy atom. The number of aliphatic hydroxyl groups excluding tert-OH is 4. The van der Waals surface area contributed by atoms with E-state index in [0.29, 0.717) is 18.2 Å². The monoisotopic (exact) mass is 439 g/mol. The number of thioether (sulfide) groups is 1. The molecule has 0 amide bonds. The highest BCUT2D eigenvalue weighted by Gasteiger charge is 2.44. The largest absolute Gasteiger partial charge is 0.508 e. The van der Waals surface area contributed by atoms with E-state index in [1.807, 2.05) is 0 Å². The number of hydrogen-bond donors (Lipinski definition) is 6. The summed E-state index contributed by atoms with van der Waals surface area (Å²) in [5.41, 5.74) is -0.425. The topological polar surface area (TPSA) is 186 Å². The summed E-state index contributed by atoms with van der Waals surface area (Å²) in [6, 6.07) is 6.20. The summed E-state index contributed by atoms with van der Waals surface area (Å²) >= 11 is 0.707. The molecule has 1 aromatic carbocycles. The first-order valence-electron chi connectivity index (χ1n) is 8.08. The number of ether oxygens (including phenoxy) is 1. The van der Waals surface area contributed by atoms with Crippen LogP contribution in [0, 0.1) is 0 Å². The van der Waals surface area contributed by atoms with E-state index < -0.39 is 46.9 Å². The second-order valence-electron chi connectivity index (χ2n) is 5.97. The van der Waals surface area contributed by atoms with Gasteiger partial charge in [-0.15, -0.1) is 0 Å². The third kappa shape index (κ3) is 6.56. The molecular formula is C15H21NO10S2. The van der Waals surface area contributed by atoms with Crippen molar-refractivity contribution >= 4 is 27.2 Å². The molecule has 0 radical (unpaired) electrons. The first-order chi connectivity index (χ1) is 13.1. The zero-order valence-electron chi connectivity index (χ0n) is 14.4. The Hall–Kier alpha value is -1.45. The Balaban J connectivity index is 2.13. The zero-order chi connectivity index (χ0) is 20.9. The predicted octanol–water partition coefficient (Wildman–Crippen LogP) is -1.01. The van der Waals surface area contributed by atoms with Gasteiger partial charge in [-0.1, -0.05) is 29.1 Å². The van der Waals surface area contributed by atoms with Gasteiger partial charge < -0.3 is 30.3 Å². The molecular weight excluding hydrogens is 418 g/mol. The van der Waals surface area contributed by atoms with E-state index in [1.165, 1.54) is 12.1 Å². The summed E-state index contributed by atoms with van der Waals surface area (Å²) < 4.78 is 39.7. The number of oxime groups is 1. The summed E-state index contributed by atoms with van der Waals surface area (Å²) in [6.45, 7) is -0.622. The lowest BCUT2D eigenvalue weighted by Gasteiger charge is -2.39. The van der Waals surface area contributed by atoms with Crippen molar-refractivity contribution in [3.63, 3.8) is 0 Å². The van der Waals surface area contributed by atoms with Crippen molar-refractivity contribution in [3.05, 3.63) is 29.8 Å². The van der Waals surface area contributed by atoms with Gasteiger partial charge in [-0.25, -0.2) is 4.28 Å². The van der Waals surface area contributed by atoms with Gasteiger partial charge in [0.1, 0.15) is 40.6 Å². The fourth-order valence-electron chi connectivity index (χ4n) is 2.43.